The van der Waals surface area contributed by atoms with Gasteiger partial charge >= 0.3 is 6.18 Å². The first-order valence-corrected chi connectivity index (χ1v) is 6.32. The summed E-state index contributed by atoms with van der Waals surface area (Å²) >= 11 is 0. The van der Waals surface area contributed by atoms with Crippen molar-refractivity contribution in [2.45, 2.75) is 12.7 Å². The van der Waals surface area contributed by atoms with Crippen molar-refractivity contribution in [1.82, 2.24) is 19.7 Å². The summed E-state index contributed by atoms with van der Waals surface area (Å²) in [4.78, 5) is 26.5. The molecule has 2 heterocycles. The molecule has 2 aromatic heterocycles. The van der Waals surface area contributed by atoms with Gasteiger partial charge in [0, 0.05) is 32.2 Å². The van der Waals surface area contributed by atoms with Crippen molar-refractivity contribution in [2.24, 2.45) is 0 Å². The number of likely N-dealkylation sites (N-methyl/N-ethyl adjacent to an activating group) is 1. The number of hydrogen-bond acceptors (Lipinski definition) is 3. The molecule has 0 atom stereocenters. The first kappa shape index (κ1) is 15.8. The number of nitrogens with zero attached hydrogens (tertiary/aromatic N) is 3. The van der Waals surface area contributed by atoms with Crippen LogP contribution in [-0.2, 0) is 12.7 Å². The Bertz CT molecular complexity index is 707. The van der Waals surface area contributed by atoms with Crippen LogP contribution in [0.1, 0.15) is 15.9 Å². The lowest BCUT2D eigenvalue weighted by molar-refractivity contribution is -0.138. The third kappa shape index (κ3) is 3.54. The van der Waals surface area contributed by atoms with Crippen LogP contribution in [0.2, 0.25) is 0 Å². The number of H-pyrrole nitrogens is 1. The lowest BCUT2D eigenvalue weighted by atomic mass is 10.2. The third-order valence-corrected chi connectivity index (χ3v) is 3.03. The van der Waals surface area contributed by atoms with Gasteiger partial charge in [0.05, 0.1) is 12.1 Å². The molecule has 0 spiro atoms. The fourth-order valence-electron chi connectivity index (χ4n) is 1.82. The Hall–Kier alpha value is -2.58. The number of pyridine rings is 1. The molecule has 0 aliphatic heterocycles. The first-order valence-electron chi connectivity index (χ1n) is 6.32. The second-order valence-electron chi connectivity index (χ2n) is 4.62. The maximum atomic E-state index is 12.7. The summed E-state index contributed by atoms with van der Waals surface area (Å²) in [5, 5.41) is 3.96. The highest BCUT2D eigenvalue weighted by molar-refractivity contribution is 5.93. The van der Waals surface area contributed by atoms with Crippen molar-refractivity contribution < 1.29 is 18.0 Å². The molecule has 0 radical (unpaired) electrons. The maximum absolute atomic E-state index is 12.7. The van der Waals surface area contributed by atoms with Gasteiger partial charge in [-0.3, -0.25) is 14.3 Å². The Labute approximate surface area is 123 Å². The maximum Gasteiger partial charge on any atom is 0.421 e. The Kier molecular flexibility index (Phi) is 4.34. The molecule has 1 N–H and O–H groups in total. The van der Waals surface area contributed by atoms with Gasteiger partial charge < -0.3 is 9.88 Å². The van der Waals surface area contributed by atoms with Crippen molar-refractivity contribution in [1.29, 1.82) is 0 Å². The highest BCUT2D eigenvalue weighted by Crippen LogP contribution is 2.26. The molecular weight excluding hydrogens is 301 g/mol. The van der Waals surface area contributed by atoms with Crippen LogP contribution in [0, 0.1) is 0 Å². The van der Waals surface area contributed by atoms with Crippen LogP contribution >= 0.6 is 0 Å². The Morgan fingerprint density at radius 2 is 2.18 bits per heavy atom. The Morgan fingerprint density at radius 3 is 2.77 bits per heavy atom. The normalized spacial score (nSPS) is 11.5. The number of aromatic nitrogens is 3. The van der Waals surface area contributed by atoms with Gasteiger partial charge in [-0.15, -0.1) is 0 Å². The van der Waals surface area contributed by atoms with Crippen LogP contribution in [0.4, 0.5) is 13.2 Å². The van der Waals surface area contributed by atoms with Gasteiger partial charge in [0.15, 0.2) is 0 Å². The SMILES string of the molecule is CN(CCn1cccn1)C(=O)c1c[nH]c(=O)c(C(F)(F)F)c1. The molecule has 2 rings (SSSR count). The summed E-state index contributed by atoms with van der Waals surface area (Å²) in [6.45, 7) is 0.672. The Morgan fingerprint density at radius 1 is 1.45 bits per heavy atom. The smallest absolute Gasteiger partial charge is 0.340 e. The molecule has 0 aromatic carbocycles. The van der Waals surface area contributed by atoms with Gasteiger partial charge in [-0.05, 0) is 12.1 Å². The van der Waals surface area contributed by atoms with E-state index in [4.69, 9.17) is 0 Å². The lowest BCUT2D eigenvalue weighted by Gasteiger charge is -2.17. The largest absolute Gasteiger partial charge is 0.421 e. The molecule has 1 amide bonds. The zero-order valence-corrected chi connectivity index (χ0v) is 11.6. The van der Waals surface area contributed by atoms with E-state index in [1.54, 1.807) is 23.1 Å². The molecule has 0 aliphatic carbocycles. The number of carbonyl (C=O) groups excluding carboxylic acids is 1. The van der Waals surface area contributed by atoms with E-state index in [1.165, 1.54) is 11.9 Å². The third-order valence-electron chi connectivity index (χ3n) is 3.03. The van der Waals surface area contributed by atoms with E-state index in [0.29, 0.717) is 12.6 Å². The van der Waals surface area contributed by atoms with Gasteiger partial charge in [-0.25, -0.2) is 0 Å². The molecule has 118 valence electrons. The van der Waals surface area contributed by atoms with Crippen LogP contribution in [0.3, 0.4) is 0 Å². The number of alkyl halides is 3. The summed E-state index contributed by atoms with van der Waals surface area (Å²) < 4.78 is 39.6. The molecule has 6 nitrogen and oxygen atoms in total. The summed E-state index contributed by atoms with van der Waals surface area (Å²) in [5.41, 5.74) is -2.89. The van der Waals surface area contributed by atoms with Crippen molar-refractivity contribution in [3.8, 4) is 0 Å². The predicted octanol–water partition coefficient (Wildman–Crippen LogP) is 1.36. The summed E-state index contributed by atoms with van der Waals surface area (Å²) in [6.07, 6.45) is -0.540. The fourth-order valence-corrected chi connectivity index (χ4v) is 1.82. The molecule has 0 saturated heterocycles. The average molecular weight is 314 g/mol. The van der Waals surface area contributed by atoms with E-state index in [-0.39, 0.29) is 12.1 Å². The molecule has 0 bridgehead atoms. The number of carbonyl (C=O) groups is 1. The minimum atomic E-state index is -4.81. The molecular formula is C13H13F3N4O2. The lowest BCUT2D eigenvalue weighted by Crippen LogP contribution is -2.31. The standard InChI is InChI=1S/C13H13F3N4O2/c1-19(5-6-20-4-2-3-18-20)12(22)9-7-10(13(14,15)16)11(21)17-8-9/h2-4,7-8H,5-6H2,1H3,(H,17,21). The molecule has 9 heteroatoms. The first-order chi connectivity index (χ1) is 10.3. The number of hydrogen-bond donors (Lipinski definition) is 1. The predicted molar refractivity (Wildman–Crippen MR) is 71.3 cm³/mol. The van der Waals surface area contributed by atoms with Gasteiger partial charge in [0.25, 0.3) is 11.5 Å². The quantitative estimate of drug-likeness (QED) is 0.926. The topological polar surface area (TPSA) is 71.0 Å². The van der Waals surface area contributed by atoms with Crippen LogP contribution in [-0.4, -0.2) is 39.2 Å². The average Bonchev–Trinajstić information content (AvgIpc) is 2.96. The Balaban J connectivity index is 2.13. The highest BCUT2D eigenvalue weighted by atomic mass is 19.4. The van der Waals surface area contributed by atoms with E-state index >= 15 is 0 Å². The highest BCUT2D eigenvalue weighted by Gasteiger charge is 2.34. The van der Waals surface area contributed by atoms with Gasteiger partial charge in [0.2, 0.25) is 0 Å². The van der Waals surface area contributed by atoms with Gasteiger partial charge in [0.1, 0.15) is 5.56 Å². The number of rotatable bonds is 4. The monoisotopic (exact) mass is 314 g/mol. The minimum Gasteiger partial charge on any atom is -0.340 e. The summed E-state index contributed by atoms with van der Waals surface area (Å²) in [6, 6.07) is 2.28. The van der Waals surface area contributed by atoms with E-state index in [9.17, 15) is 22.8 Å². The minimum absolute atomic E-state index is 0.227. The van der Waals surface area contributed by atoms with Crippen molar-refractivity contribution in [2.75, 3.05) is 13.6 Å². The number of aromatic amines is 1. The van der Waals surface area contributed by atoms with Crippen molar-refractivity contribution in [3.05, 3.63) is 52.2 Å². The number of nitrogens with one attached hydrogen (secondary N) is 1. The fraction of sp³-hybridized carbons (Fsp3) is 0.308. The number of amides is 1. The molecule has 0 saturated carbocycles. The zero-order valence-electron chi connectivity index (χ0n) is 11.6. The van der Waals surface area contributed by atoms with Gasteiger partial charge in [-0.2, -0.15) is 18.3 Å². The second-order valence-corrected chi connectivity index (χ2v) is 4.62. The molecule has 0 aliphatic rings. The second kappa shape index (κ2) is 6.04. The molecule has 0 fully saturated rings. The van der Waals surface area contributed by atoms with Crippen LogP contribution < -0.4 is 5.56 Å². The number of halogens is 3. The van der Waals surface area contributed by atoms with Crippen LogP contribution in [0.15, 0.2) is 35.5 Å². The van der Waals surface area contributed by atoms with Crippen molar-refractivity contribution >= 4 is 5.91 Å². The van der Waals surface area contributed by atoms with Gasteiger partial charge in [-0.1, -0.05) is 0 Å². The summed E-state index contributed by atoms with van der Waals surface area (Å²) in [7, 11) is 1.46. The van der Waals surface area contributed by atoms with Crippen LogP contribution in [0.5, 0.6) is 0 Å². The molecule has 0 unspecified atom stereocenters. The summed E-state index contributed by atoms with van der Waals surface area (Å²) in [5.74, 6) is -0.617. The zero-order chi connectivity index (χ0) is 16.3. The van der Waals surface area contributed by atoms with E-state index in [1.807, 2.05) is 4.98 Å². The van der Waals surface area contributed by atoms with Crippen LogP contribution in [0.25, 0.3) is 0 Å². The van der Waals surface area contributed by atoms with E-state index in [2.05, 4.69) is 5.10 Å². The van der Waals surface area contributed by atoms with E-state index in [0.717, 1.165) is 6.20 Å². The van der Waals surface area contributed by atoms with E-state index < -0.39 is 23.2 Å². The van der Waals surface area contributed by atoms with Crippen molar-refractivity contribution in [3.63, 3.8) is 0 Å². The molecule has 22 heavy (non-hydrogen) atoms. The molecule has 2 aromatic rings.